The lowest BCUT2D eigenvalue weighted by molar-refractivity contribution is -0.168. The number of halogens is 4. The smallest absolute Gasteiger partial charge is 0.417 e. The second-order valence-electron chi connectivity index (χ2n) is 5.97. The molecule has 0 bridgehead atoms. The molecule has 1 amide bonds. The van der Waals surface area contributed by atoms with E-state index in [1.165, 1.54) is 0 Å². The minimum atomic E-state index is -4.54. The van der Waals surface area contributed by atoms with E-state index in [1.54, 1.807) is 4.90 Å². The molecule has 26 heavy (non-hydrogen) atoms. The molecule has 11 heteroatoms. The van der Waals surface area contributed by atoms with Crippen LogP contribution >= 0.6 is 11.6 Å². The van der Waals surface area contributed by atoms with E-state index in [0.717, 1.165) is 20.1 Å². The van der Waals surface area contributed by atoms with Crippen molar-refractivity contribution in [3.05, 3.63) is 22.8 Å². The molecule has 2 N–H and O–H groups in total. The lowest BCUT2D eigenvalue weighted by atomic mass is 10.1. The largest absolute Gasteiger partial charge is 0.479 e. The number of aliphatic carboxylic acids is 1. The number of nitrogens with one attached hydrogen (secondary N) is 1. The summed E-state index contributed by atoms with van der Waals surface area (Å²) >= 11 is 5.92. The van der Waals surface area contributed by atoms with Gasteiger partial charge in [0.05, 0.1) is 10.6 Å². The summed E-state index contributed by atoms with van der Waals surface area (Å²) in [4.78, 5) is 28.8. The standard InChI is InChI=1S/C15H17ClF3N3O4/c1-14(26-2,13(24)25)12(23)21-9-3-4-22(7-9)11-10(16)5-8(6-20-11)15(17,18)19/h5-6,9H,3-4,7H2,1-2H3,(H,21,23)(H,24,25). The second-order valence-corrected chi connectivity index (χ2v) is 6.38. The van der Waals surface area contributed by atoms with Gasteiger partial charge in [0.1, 0.15) is 5.82 Å². The number of ether oxygens (including phenoxy) is 1. The molecule has 1 fully saturated rings. The van der Waals surface area contributed by atoms with Crippen LogP contribution in [-0.4, -0.2) is 53.8 Å². The number of hydrogen-bond acceptors (Lipinski definition) is 5. The number of aromatic nitrogens is 1. The van der Waals surface area contributed by atoms with Crippen LogP contribution in [0.25, 0.3) is 0 Å². The molecule has 0 radical (unpaired) electrons. The van der Waals surface area contributed by atoms with Crippen molar-refractivity contribution in [3.63, 3.8) is 0 Å². The van der Waals surface area contributed by atoms with Crippen LogP contribution in [0.4, 0.5) is 19.0 Å². The van der Waals surface area contributed by atoms with Crippen molar-refractivity contribution in [2.75, 3.05) is 25.1 Å². The van der Waals surface area contributed by atoms with Crippen molar-refractivity contribution < 1.29 is 32.6 Å². The molecule has 0 saturated carbocycles. The number of hydrogen-bond donors (Lipinski definition) is 2. The van der Waals surface area contributed by atoms with E-state index < -0.39 is 35.3 Å². The molecule has 2 atom stereocenters. The molecule has 2 rings (SSSR count). The van der Waals surface area contributed by atoms with E-state index in [0.29, 0.717) is 19.2 Å². The fraction of sp³-hybridized carbons (Fsp3) is 0.533. The predicted molar refractivity (Wildman–Crippen MR) is 86.1 cm³/mol. The minimum Gasteiger partial charge on any atom is -0.479 e. The first kappa shape index (κ1) is 20.2. The van der Waals surface area contributed by atoms with Crippen LogP contribution in [0.15, 0.2) is 12.3 Å². The van der Waals surface area contributed by atoms with Gasteiger partial charge in [0.2, 0.25) is 5.60 Å². The third kappa shape index (κ3) is 4.01. The first-order chi connectivity index (χ1) is 12.0. The molecular formula is C15H17ClF3N3O4. The summed E-state index contributed by atoms with van der Waals surface area (Å²) in [6.07, 6.45) is -3.40. The first-order valence-electron chi connectivity index (χ1n) is 7.56. The van der Waals surface area contributed by atoms with Gasteiger partial charge in [-0.15, -0.1) is 0 Å². The zero-order chi connectivity index (χ0) is 19.7. The van der Waals surface area contributed by atoms with Crippen molar-refractivity contribution >= 4 is 29.3 Å². The number of carbonyl (C=O) groups is 2. The molecule has 144 valence electrons. The Bertz CT molecular complexity index is 716. The van der Waals surface area contributed by atoms with Crippen LogP contribution in [0.5, 0.6) is 0 Å². The molecule has 1 aliphatic rings. The number of anilines is 1. The highest BCUT2D eigenvalue weighted by molar-refractivity contribution is 6.33. The number of rotatable bonds is 5. The van der Waals surface area contributed by atoms with Gasteiger partial charge in [-0.3, -0.25) is 4.79 Å². The number of carbonyl (C=O) groups excluding carboxylic acids is 1. The van der Waals surface area contributed by atoms with Crippen LogP contribution < -0.4 is 10.2 Å². The second kappa shape index (κ2) is 7.28. The molecule has 1 aromatic heterocycles. The summed E-state index contributed by atoms with van der Waals surface area (Å²) in [7, 11) is 1.11. The number of carboxylic acid groups (broad SMARTS) is 1. The van der Waals surface area contributed by atoms with Gasteiger partial charge in [0.25, 0.3) is 5.91 Å². The fourth-order valence-corrected chi connectivity index (χ4v) is 2.77. The summed E-state index contributed by atoms with van der Waals surface area (Å²) in [5.74, 6) is -2.07. The number of amides is 1. The number of methoxy groups -OCH3 is 1. The molecule has 1 aliphatic heterocycles. The Hall–Kier alpha value is -2.07. The van der Waals surface area contributed by atoms with Crippen molar-refractivity contribution in [1.29, 1.82) is 0 Å². The van der Waals surface area contributed by atoms with Gasteiger partial charge in [-0.05, 0) is 19.4 Å². The Morgan fingerprint density at radius 1 is 1.46 bits per heavy atom. The van der Waals surface area contributed by atoms with Gasteiger partial charge in [-0.2, -0.15) is 13.2 Å². The number of carboxylic acids is 1. The molecular weight excluding hydrogens is 379 g/mol. The van der Waals surface area contributed by atoms with Crippen LogP contribution in [0.1, 0.15) is 18.9 Å². The van der Waals surface area contributed by atoms with Gasteiger partial charge >= 0.3 is 12.1 Å². The molecule has 1 saturated heterocycles. The van der Waals surface area contributed by atoms with Gasteiger partial charge in [0, 0.05) is 32.4 Å². The summed E-state index contributed by atoms with van der Waals surface area (Å²) < 4.78 is 42.8. The molecule has 2 unspecified atom stereocenters. The zero-order valence-corrected chi connectivity index (χ0v) is 14.7. The number of pyridine rings is 1. The molecule has 0 aliphatic carbocycles. The van der Waals surface area contributed by atoms with E-state index in [9.17, 15) is 22.8 Å². The van der Waals surface area contributed by atoms with E-state index >= 15 is 0 Å². The number of nitrogens with zero attached hydrogens (tertiary/aromatic N) is 2. The third-order valence-electron chi connectivity index (χ3n) is 4.22. The maximum absolute atomic E-state index is 12.7. The maximum Gasteiger partial charge on any atom is 0.417 e. The van der Waals surface area contributed by atoms with Gasteiger partial charge in [0.15, 0.2) is 0 Å². The SMILES string of the molecule is COC(C)(C(=O)O)C(=O)NC1CCN(c2ncc(C(F)(F)F)cc2Cl)C1. The summed E-state index contributed by atoms with van der Waals surface area (Å²) in [6, 6.07) is 0.374. The van der Waals surface area contributed by atoms with Crippen molar-refractivity contribution in [2.24, 2.45) is 0 Å². The quantitative estimate of drug-likeness (QED) is 0.740. The average molecular weight is 396 g/mol. The van der Waals surface area contributed by atoms with Crippen molar-refractivity contribution in [2.45, 2.75) is 31.2 Å². The highest BCUT2D eigenvalue weighted by Crippen LogP contribution is 2.34. The highest BCUT2D eigenvalue weighted by atomic mass is 35.5. The minimum absolute atomic E-state index is 0.154. The van der Waals surface area contributed by atoms with Gasteiger partial charge < -0.3 is 20.1 Å². The Labute approximate surface area is 152 Å². The molecule has 0 spiro atoms. The van der Waals surface area contributed by atoms with Crippen LogP contribution in [-0.2, 0) is 20.5 Å². The van der Waals surface area contributed by atoms with Crippen molar-refractivity contribution in [1.82, 2.24) is 10.3 Å². The molecule has 7 nitrogen and oxygen atoms in total. The average Bonchev–Trinajstić information content (AvgIpc) is 3.00. The summed E-state index contributed by atoms with van der Waals surface area (Å²) in [5, 5.41) is 11.5. The normalized spacial score (nSPS) is 19.9. The lowest BCUT2D eigenvalue weighted by Gasteiger charge is -2.24. The number of alkyl halides is 3. The Balaban J connectivity index is 2.07. The van der Waals surface area contributed by atoms with Crippen LogP contribution in [0.3, 0.4) is 0 Å². The Kier molecular flexibility index (Phi) is 5.67. The molecule has 2 heterocycles. The zero-order valence-electron chi connectivity index (χ0n) is 13.9. The summed E-state index contributed by atoms with van der Waals surface area (Å²) in [6.45, 7) is 1.74. The Morgan fingerprint density at radius 2 is 2.12 bits per heavy atom. The van der Waals surface area contributed by atoms with E-state index in [-0.39, 0.29) is 17.4 Å². The summed E-state index contributed by atoms with van der Waals surface area (Å²) in [5.41, 5.74) is -2.98. The van der Waals surface area contributed by atoms with Crippen LogP contribution in [0.2, 0.25) is 5.02 Å². The van der Waals surface area contributed by atoms with Crippen LogP contribution in [0, 0.1) is 0 Å². The Morgan fingerprint density at radius 3 is 2.62 bits per heavy atom. The van der Waals surface area contributed by atoms with E-state index in [2.05, 4.69) is 10.3 Å². The maximum atomic E-state index is 12.7. The van der Waals surface area contributed by atoms with Gasteiger partial charge in [-0.1, -0.05) is 11.6 Å². The van der Waals surface area contributed by atoms with Gasteiger partial charge in [-0.25, -0.2) is 9.78 Å². The molecule has 1 aromatic rings. The predicted octanol–water partition coefficient (Wildman–Crippen LogP) is 1.94. The lowest BCUT2D eigenvalue weighted by Crippen LogP contribution is -2.54. The highest BCUT2D eigenvalue weighted by Gasteiger charge is 2.43. The molecule has 0 aromatic carbocycles. The topological polar surface area (TPSA) is 91.8 Å². The monoisotopic (exact) mass is 395 g/mol. The first-order valence-corrected chi connectivity index (χ1v) is 7.94. The van der Waals surface area contributed by atoms with E-state index in [4.69, 9.17) is 21.4 Å². The third-order valence-corrected chi connectivity index (χ3v) is 4.50. The fourth-order valence-electron chi connectivity index (χ4n) is 2.49. The van der Waals surface area contributed by atoms with Crippen molar-refractivity contribution in [3.8, 4) is 0 Å². The van der Waals surface area contributed by atoms with E-state index in [1.807, 2.05) is 0 Å².